The minimum atomic E-state index is -4.67. The van der Waals surface area contributed by atoms with Gasteiger partial charge in [-0.15, -0.1) is 0 Å². The van der Waals surface area contributed by atoms with Crippen molar-refractivity contribution < 1.29 is 33.2 Å². The van der Waals surface area contributed by atoms with Crippen LogP contribution in [0.5, 0.6) is 5.75 Å². The molecule has 3 rings (SSSR count). The van der Waals surface area contributed by atoms with Crippen molar-refractivity contribution in [3.63, 3.8) is 0 Å². The van der Waals surface area contributed by atoms with Gasteiger partial charge in [-0.2, -0.15) is 0 Å². The van der Waals surface area contributed by atoms with Crippen LogP contribution < -0.4 is 4.52 Å². The van der Waals surface area contributed by atoms with Crippen molar-refractivity contribution in [1.29, 1.82) is 0 Å². The highest BCUT2D eigenvalue weighted by atomic mass is 31.2. The molecule has 160 valence electrons. The first-order valence-corrected chi connectivity index (χ1v) is 11.1. The van der Waals surface area contributed by atoms with Crippen LogP contribution in [-0.2, 0) is 14.1 Å². The second kappa shape index (κ2) is 9.43. The molecule has 1 amide bonds. The standard InChI is InChI=1S/C21H24NO7P/c1-28-21(24)19(15-7-3-2-4-8-15)18-9-5-6-14-22(18)20(23)16-10-12-17(13-11-16)29-30(25,26)27/h2-4,7-8,10-13,18-19H,5-6,9,14H2,1H3,(H2,25,26,27). The van der Waals surface area contributed by atoms with Gasteiger partial charge in [0.05, 0.1) is 7.11 Å². The molecule has 0 spiro atoms. The molecule has 2 aromatic carbocycles. The van der Waals surface area contributed by atoms with Crippen LogP contribution in [0.3, 0.4) is 0 Å². The summed E-state index contributed by atoms with van der Waals surface area (Å²) in [5.74, 6) is -1.28. The van der Waals surface area contributed by atoms with E-state index in [0.717, 1.165) is 18.4 Å². The minimum Gasteiger partial charge on any atom is -0.468 e. The van der Waals surface area contributed by atoms with Crippen LogP contribution >= 0.6 is 7.82 Å². The molecule has 8 nitrogen and oxygen atoms in total. The van der Waals surface area contributed by atoms with Gasteiger partial charge >= 0.3 is 13.8 Å². The molecular weight excluding hydrogens is 409 g/mol. The molecule has 1 saturated heterocycles. The quantitative estimate of drug-likeness (QED) is 0.532. The zero-order chi connectivity index (χ0) is 21.7. The second-order valence-electron chi connectivity index (χ2n) is 7.08. The summed E-state index contributed by atoms with van der Waals surface area (Å²) < 4.78 is 20.5. The molecule has 1 heterocycles. The Morgan fingerprint density at radius 3 is 2.33 bits per heavy atom. The number of methoxy groups -OCH3 is 1. The Balaban J connectivity index is 1.88. The van der Waals surface area contributed by atoms with Gasteiger partial charge in [0.2, 0.25) is 0 Å². The van der Waals surface area contributed by atoms with Gasteiger partial charge in [-0.1, -0.05) is 30.3 Å². The maximum absolute atomic E-state index is 13.2. The highest BCUT2D eigenvalue weighted by Gasteiger charge is 2.38. The molecule has 2 aromatic rings. The summed E-state index contributed by atoms with van der Waals surface area (Å²) in [6, 6.07) is 14.5. The van der Waals surface area contributed by atoms with Gasteiger partial charge in [0.1, 0.15) is 11.7 Å². The van der Waals surface area contributed by atoms with Crippen molar-refractivity contribution in [2.75, 3.05) is 13.7 Å². The molecule has 9 heteroatoms. The molecule has 1 fully saturated rings. The Bertz CT molecular complexity index is 926. The first kappa shape index (κ1) is 22.0. The first-order chi connectivity index (χ1) is 14.3. The maximum atomic E-state index is 13.2. The van der Waals surface area contributed by atoms with Crippen molar-refractivity contribution in [3.8, 4) is 5.75 Å². The Morgan fingerprint density at radius 1 is 1.07 bits per heavy atom. The number of ether oxygens (including phenoxy) is 1. The van der Waals surface area contributed by atoms with E-state index in [9.17, 15) is 14.2 Å². The van der Waals surface area contributed by atoms with Crippen LogP contribution in [0.2, 0.25) is 0 Å². The maximum Gasteiger partial charge on any atom is 0.524 e. The molecule has 30 heavy (non-hydrogen) atoms. The molecular formula is C21H24NO7P. The lowest BCUT2D eigenvalue weighted by atomic mass is 9.84. The van der Waals surface area contributed by atoms with Gasteiger partial charge in [0.25, 0.3) is 5.91 Å². The number of hydrogen-bond donors (Lipinski definition) is 2. The molecule has 2 unspecified atom stereocenters. The van der Waals surface area contributed by atoms with Gasteiger partial charge in [-0.25, -0.2) is 4.57 Å². The van der Waals surface area contributed by atoms with E-state index in [-0.39, 0.29) is 17.7 Å². The lowest BCUT2D eigenvalue weighted by molar-refractivity contribution is -0.144. The molecule has 1 aliphatic rings. The third kappa shape index (κ3) is 5.27. The fraction of sp³-hybridized carbons (Fsp3) is 0.333. The van der Waals surface area contributed by atoms with Crippen molar-refractivity contribution in [2.45, 2.75) is 31.2 Å². The molecule has 1 aliphatic heterocycles. The van der Waals surface area contributed by atoms with E-state index in [1.807, 2.05) is 30.3 Å². The van der Waals surface area contributed by atoms with Gasteiger partial charge in [0, 0.05) is 18.2 Å². The minimum absolute atomic E-state index is 0.0354. The van der Waals surface area contributed by atoms with Crippen LogP contribution in [-0.4, -0.2) is 46.3 Å². The smallest absolute Gasteiger partial charge is 0.468 e. The largest absolute Gasteiger partial charge is 0.524 e. The van der Waals surface area contributed by atoms with Crippen LogP contribution in [0.1, 0.15) is 41.1 Å². The average Bonchev–Trinajstić information content (AvgIpc) is 2.74. The third-order valence-electron chi connectivity index (χ3n) is 5.13. The number of carbonyl (C=O) groups excluding carboxylic acids is 2. The average molecular weight is 433 g/mol. The normalized spacial score (nSPS) is 17.8. The van der Waals surface area contributed by atoms with E-state index in [0.29, 0.717) is 18.5 Å². The van der Waals surface area contributed by atoms with E-state index < -0.39 is 19.7 Å². The molecule has 0 aliphatic carbocycles. The molecule has 2 atom stereocenters. The number of hydrogen-bond acceptors (Lipinski definition) is 5. The van der Waals surface area contributed by atoms with Crippen LogP contribution in [0.4, 0.5) is 0 Å². The second-order valence-corrected chi connectivity index (χ2v) is 8.24. The highest BCUT2D eigenvalue weighted by Crippen LogP contribution is 2.38. The summed E-state index contributed by atoms with van der Waals surface area (Å²) in [6.45, 7) is 0.505. The number of phosphoric acid groups is 1. The summed E-state index contributed by atoms with van der Waals surface area (Å²) in [4.78, 5) is 45.4. The Morgan fingerprint density at radius 2 is 1.73 bits per heavy atom. The lowest BCUT2D eigenvalue weighted by Crippen LogP contribution is -2.48. The summed E-state index contributed by atoms with van der Waals surface area (Å²) in [7, 11) is -3.33. The molecule has 0 aromatic heterocycles. The van der Waals surface area contributed by atoms with Gasteiger partial charge < -0.3 is 14.2 Å². The molecule has 0 saturated carbocycles. The monoisotopic (exact) mass is 433 g/mol. The first-order valence-electron chi connectivity index (χ1n) is 9.59. The van der Waals surface area contributed by atoms with Gasteiger partial charge in [-0.05, 0) is 49.1 Å². The zero-order valence-electron chi connectivity index (χ0n) is 16.5. The van der Waals surface area contributed by atoms with Gasteiger partial charge in [0.15, 0.2) is 0 Å². The van der Waals surface area contributed by atoms with E-state index in [1.54, 1.807) is 4.90 Å². The number of carbonyl (C=O) groups is 2. The summed E-state index contributed by atoms with van der Waals surface area (Å²) in [6.07, 6.45) is 2.38. The summed E-state index contributed by atoms with van der Waals surface area (Å²) in [5.41, 5.74) is 1.14. The fourth-order valence-corrected chi connectivity index (χ4v) is 4.22. The SMILES string of the molecule is COC(=O)C(c1ccccc1)C1CCCCN1C(=O)c1ccc(OP(=O)(O)O)cc1. The van der Waals surface area contributed by atoms with Gasteiger partial charge in [-0.3, -0.25) is 19.4 Å². The predicted molar refractivity (Wildman–Crippen MR) is 109 cm³/mol. The van der Waals surface area contributed by atoms with Crippen molar-refractivity contribution >= 4 is 19.7 Å². The van der Waals surface area contributed by atoms with E-state index in [4.69, 9.17) is 14.5 Å². The van der Waals surface area contributed by atoms with Crippen molar-refractivity contribution in [2.24, 2.45) is 0 Å². The van der Waals surface area contributed by atoms with Crippen LogP contribution in [0, 0.1) is 0 Å². The highest BCUT2D eigenvalue weighted by molar-refractivity contribution is 7.46. The number of benzene rings is 2. The topological polar surface area (TPSA) is 113 Å². The van der Waals surface area contributed by atoms with E-state index in [1.165, 1.54) is 31.4 Å². The number of rotatable bonds is 6. The van der Waals surface area contributed by atoms with Crippen molar-refractivity contribution in [3.05, 3.63) is 65.7 Å². The molecule has 0 radical (unpaired) electrons. The molecule has 2 N–H and O–H groups in total. The number of likely N-dealkylation sites (tertiary alicyclic amines) is 1. The van der Waals surface area contributed by atoms with E-state index >= 15 is 0 Å². The van der Waals surface area contributed by atoms with E-state index in [2.05, 4.69) is 4.52 Å². The number of phosphoric ester groups is 1. The molecule has 0 bridgehead atoms. The Labute approximate surface area is 174 Å². The summed E-state index contributed by atoms with van der Waals surface area (Å²) in [5, 5.41) is 0. The summed E-state index contributed by atoms with van der Waals surface area (Å²) >= 11 is 0. The zero-order valence-corrected chi connectivity index (χ0v) is 17.4. The van der Waals surface area contributed by atoms with Crippen LogP contribution in [0.15, 0.2) is 54.6 Å². The Hall–Kier alpha value is -2.67. The predicted octanol–water partition coefficient (Wildman–Crippen LogP) is 3.11. The number of esters is 1. The Kier molecular flexibility index (Phi) is 6.92. The third-order valence-corrected chi connectivity index (χ3v) is 5.58. The van der Waals surface area contributed by atoms with Crippen molar-refractivity contribution in [1.82, 2.24) is 4.90 Å². The number of nitrogens with zero attached hydrogens (tertiary/aromatic N) is 1. The van der Waals surface area contributed by atoms with Crippen LogP contribution in [0.25, 0.3) is 0 Å². The fourth-order valence-electron chi connectivity index (χ4n) is 3.82. The lowest BCUT2D eigenvalue weighted by Gasteiger charge is -2.39. The number of amides is 1. The number of piperidine rings is 1.